The van der Waals surface area contributed by atoms with Crippen molar-refractivity contribution in [3.8, 4) is 28.8 Å². The molecular formula is C56H70N10O9. The number of amides is 2. The number of anilines is 3. The lowest BCUT2D eigenvalue weighted by molar-refractivity contribution is -0.141. The average molecular weight is 1030 g/mol. The predicted molar refractivity (Wildman–Crippen MR) is 280 cm³/mol. The zero-order chi connectivity index (χ0) is 51.7. The molecule has 1 aliphatic carbocycles. The van der Waals surface area contributed by atoms with Crippen molar-refractivity contribution in [1.82, 2.24) is 35.5 Å². The van der Waals surface area contributed by atoms with Gasteiger partial charge in [-0.1, -0.05) is 50.2 Å². The van der Waals surface area contributed by atoms with Crippen LogP contribution in [-0.4, -0.2) is 154 Å². The number of ether oxygens (including phenoxy) is 4. The molecule has 75 heavy (non-hydrogen) atoms. The second-order valence-electron chi connectivity index (χ2n) is 21.7. The molecule has 5 aliphatic heterocycles. The number of carbonyl (C=O) groups excluding carboxylic acids is 2. The maximum absolute atomic E-state index is 14.2. The van der Waals surface area contributed by atoms with Crippen LogP contribution in [-0.2, 0) is 19.1 Å². The highest BCUT2D eigenvalue weighted by Gasteiger charge is 2.45. The Balaban J connectivity index is 0.599. The highest BCUT2D eigenvalue weighted by atomic mass is 16.5. The van der Waals surface area contributed by atoms with Gasteiger partial charge in [0.25, 0.3) is 5.88 Å². The first-order valence-electron chi connectivity index (χ1n) is 26.9. The number of aliphatic hydroxyl groups is 1. The molecular weight excluding hydrogens is 957 g/mol. The van der Waals surface area contributed by atoms with Crippen LogP contribution >= 0.6 is 0 Å². The van der Waals surface area contributed by atoms with Crippen molar-refractivity contribution in [1.29, 1.82) is 0 Å². The fourth-order valence-corrected chi connectivity index (χ4v) is 11.9. The van der Waals surface area contributed by atoms with Gasteiger partial charge in [-0.15, -0.1) is 10.2 Å². The monoisotopic (exact) mass is 1030 g/mol. The van der Waals surface area contributed by atoms with Crippen LogP contribution in [0.25, 0.3) is 11.3 Å². The van der Waals surface area contributed by atoms with E-state index in [1.165, 1.54) is 10.5 Å². The second kappa shape index (κ2) is 22.0. The number of carbonyl (C=O) groups is 2. The Morgan fingerprint density at radius 1 is 0.867 bits per heavy atom. The van der Waals surface area contributed by atoms with Gasteiger partial charge in [0, 0.05) is 106 Å². The van der Waals surface area contributed by atoms with E-state index in [1.807, 2.05) is 57.3 Å². The molecule has 398 valence electrons. The van der Waals surface area contributed by atoms with Crippen molar-refractivity contribution < 1.29 is 43.3 Å². The molecule has 1 saturated carbocycles. The Morgan fingerprint density at radius 3 is 2.35 bits per heavy atom. The Bertz CT molecular complexity index is 2770. The number of β-amino-alcohol motifs (C(OH)–C–C–N with tert-alkyl or cyclic N) is 1. The Kier molecular flexibility index (Phi) is 14.8. The largest absolute Gasteiger partial charge is 0.507 e. The Labute approximate surface area is 437 Å². The molecule has 0 radical (unpaired) electrons. The number of fused-ring (bicyclic) bond motifs is 2. The van der Waals surface area contributed by atoms with Gasteiger partial charge in [0.2, 0.25) is 17.7 Å². The molecule has 19 nitrogen and oxygen atoms in total. The van der Waals surface area contributed by atoms with Gasteiger partial charge in [0.1, 0.15) is 30.4 Å². The smallest absolute Gasteiger partial charge is 0.254 e. The number of nitrogens with two attached hydrogens (primary N) is 1. The zero-order valence-corrected chi connectivity index (χ0v) is 43.1. The fourth-order valence-electron chi connectivity index (χ4n) is 11.9. The maximum Gasteiger partial charge on any atom is 0.254 e. The van der Waals surface area contributed by atoms with Crippen LogP contribution in [0.4, 0.5) is 17.2 Å². The average Bonchev–Trinajstić information content (AvgIpc) is 4.09. The number of piperidine rings is 1. The van der Waals surface area contributed by atoms with Crippen molar-refractivity contribution in [2.75, 3.05) is 74.6 Å². The van der Waals surface area contributed by atoms with Gasteiger partial charge in [0.05, 0.1) is 48.9 Å². The van der Waals surface area contributed by atoms with E-state index in [0.29, 0.717) is 53.7 Å². The van der Waals surface area contributed by atoms with Crippen molar-refractivity contribution >= 4 is 29.0 Å². The predicted octanol–water partition coefficient (Wildman–Crippen LogP) is 5.83. The van der Waals surface area contributed by atoms with Gasteiger partial charge in [-0.3, -0.25) is 14.5 Å². The summed E-state index contributed by atoms with van der Waals surface area (Å²) in [5.41, 5.74) is 11.7. The highest BCUT2D eigenvalue weighted by molar-refractivity contribution is 5.91. The molecule has 11 rings (SSSR count). The lowest BCUT2D eigenvalue weighted by Crippen LogP contribution is -2.54. The van der Waals surface area contributed by atoms with E-state index >= 15 is 0 Å². The molecule has 2 amide bonds. The fraction of sp³-hybridized carbons (Fsp3) is 0.536. The number of hydrogen-bond acceptors (Lipinski definition) is 17. The number of nitrogens with zero attached hydrogens (tertiary/aromatic N) is 8. The summed E-state index contributed by atoms with van der Waals surface area (Å²) >= 11 is 0. The summed E-state index contributed by atoms with van der Waals surface area (Å²) in [7, 11) is 0. The molecule has 19 heteroatoms. The standard InChI is InChI=1S/C56H70N10O9/c1-33(2)53(56(70)65-30-41(67)23-48(65)55(69)59-34(3)35-8-10-36(11-9-35)37-31-71-32-37)50-27-52(62-75-50)72-21-20-63-18-15-42(16-19-63)73-43-24-44(25-43)74-51-22-38(14-17-58-51)66-39-12-13-40(66)29-64(28-39)47-26-46(60-61-54(47)57)45-6-4-5-7-49(45)68/h4-11,14,17,22,26-27,33-34,37,39-44,48,53,67-68H,12-13,15-16,18-21,23-25,28-32H2,1-3H3,(H2,57,61)(H,59,69)/t34-,39?,40?,41+,43?,44?,48-,53+/m0/s1. The van der Waals surface area contributed by atoms with Gasteiger partial charge < -0.3 is 59.4 Å². The number of piperazine rings is 1. The topological polar surface area (TPSA) is 227 Å². The summed E-state index contributed by atoms with van der Waals surface area (Å²) in [6.45, 7) is 11.8. The van der Waals surface area contributed by atoms with Crippen LogP contribution in [0.5, 0.6) is 17.5 Å². The third-order valence-electron chi connectivity index (χ3n) is 16.3. The quantitative estimate of drug-likeness (QED) is 0.0809. The molecule has 5 aromatic rings. The summed E-state index contributed by atoms with van der Waals surface area (Å²) < 4.78 is 30.1. The van der Waals surface area contributed by atoms with Crippen LogP contribution in [0.1, 0.15) is 100 Å². The van der Waals surface area contributed by atoms with Gasteiger partial charge in [-0.25, -0.2) is 4.98 Å². The normalized spacial score (nSPS) is 24.9. The van der Waals surface area contributed by atoms with Gasteiger partial charge in [-0.2, -0.15) is 0 Å². The minimum absolute atomic E-state index is 0.0580. The maximum atomic E-state index is 14.2. The van der Waals surface area contributed by atoms with Crippen molar-refractivity contribution in [3.63, 3.8) is 0 Å². The van der Waals surface area contributed by atoms with Crippen LogP contribution in [0, 0.1) is 5.92 Å². The first kappa shape index (κ1) is 50.6. The number of phenolic OH excluding ortho intramolecular Hbond substituents is 1. The van der Waals surface area contributed by atoms with Crippen LogP contribution < -0.4 is 30.3 Å². The molecule has 6 aliphatic rings. The number of pyridine rings is 1. The molecule has 5 N–H and O–H groups in total. The molecule has 8 heterocycles. The molecule has 5 saturated heterocycles. The lowest BCUT2D eigenvalue weighted by Gasteiger charge is -2.43. The van der Waals surface area contributed by atoms with Crippen molar-refractivity contribution in [2.45, 2.75) is 126 Å². The second-order valence-corrected chi connectivity index (χ2v) is 21.7. The number of nitrogens with one attached hydrogen (secondary N) is 1. The van der Waals surface area contributed by atoms with E-state index in [1.54, 1.807) is 18.2 Å². The zero-order valence-electron chi connectivity index (χ0n) is 43.1. The number of para-hydroxylation sites is 1. The first-order valence-corrected chi connectivity index (χ1v) is 26.9. The molecule has 2 bridgehead atoms. The van der Waals surface area contributed by atoms with E-state index < -0.39 is 18.1 Å². The molecule has 2 aromatic carbocycles. The molecule has 6 atom stereocenters. The summed E-state index contributed by atoms with van der Waals surface area (Å²) in [4.78, 5) is 41.1. The number of aromatic hydroxyl groups is 1. The number of likely N-dealkylation sites (tertiary alicyclic amines) is 2. The lowest BCUT2D eigenvalue weighted by atomic mass is 9.91. The van der Waals surface area contributed by atoms with Crippen LogP contribution in [0.2, 0.25) is 0 Å². The van der Waals surface area contributed by atoms with E-state index in [2.05, 4.69) is 64.6 Å². The number of aromatic nitrogens is 4. The first-order chi connectivity index (χ1) is 36.4. The van der Waals surface area contributed by atoms with E-state index in [-0.39, 0.29) is 72.9 Å². The number of rotatable bonds is 18. The molecule has 3 aromatic heterocycles. The summed E-state index contributed by atoms with van der Waals surface area (Å²) in [6, 6.07) is 22.6. The Morgan fingerprint density at radius 2 is 1.63 bits per heavy atom. The molecule has 6 fully saturated rings. The van der Waals surface area contributed by atoms with Crippen molar-refractivity contribution in [2.24, 2.45) is 5.92 Å². The van der Waals surface area contributed by atoms with Crippen LogP contribution in [0.3, 0.4) is 0 Å². The molecule has 2 unspecified atom stereocenters. The summed E-state index contributed by atoms with van der Waals surface area (Å²) in [5.74, 6) is 0.802. The molecule has 0 spiro atoms. The van der Waals surface area contributed by atoms with Gasteiger partial charge in [0.15, 0.2) is 11.6 Å². The SMILES string of the molecule is CC(C)[C@@H](C(=O)N1C[C@H](O)C[C@H]1C(=O)N[C@@H](C)c1ccc(C2COC2)cc1)c1cc(OCCN2CCC(OC3CC(Oc4cc(N5C6CCC5CN(c5cc(-c7ccccc7O)nnc5N)C6)ccn4)C3)CC2)no1. The minimum atomic E-state index is -0.815. The van der Waals surface area contributed by atoms with Gasteiger partial charge >= 0.3 is 0 Å². The number of hydrogen-bond donors (Lipinski definition) is 4. The summed E-state index contributed by atoms with van der Waals surface area (Å²) in [6.07, 6.45) is 7.27. The summed E-state index contributed by atoms with van der Waals surface area (Å²) in [5, 5.41) is 36.9. The highest BCUT2D eigenvalue weighted by Crippen LogP contribution is 2.41. The van der Waals surface area contributed by atoms with E-state index in [9.17, 15) is 19.8 Å². The number of phenols is 1. The number of aliphatic hydroxyl groups excluding tert-OH is 1. The van der Waals surface area contributed by atoms with Gasteiger partial charge in [-0.05, 0) is 79.1 Å². The third kappa shape index (κ3) is 11.1. The van der Waals surface area contributed by atoms with E-state index in [4.69, 9.17) is 29.2 Å². The number of nitrogen functional groups attached to an aromatic ring is 1. The minimum Gasteiger partial charge on any atom is -0.507 e. The number of benzene rings is 2. The Hall–Kier alpha value is -6.54. The van der Waals surface area contributed by atoms with Crippen LogP contribution in [0.15, 0.2) is 83.5 Å². The third-order valence-corrected chi connectivity index (χ3v) is 16.3. The van der Waals surface area contributed by atoms with Crippen molar-refractivity contribution in [3.05, 3.63) is 95.9 Å². The van der Waals surface area contributed by atoms with E-state index in [0.717, 1.165) is 94.9 Å².